The van der Waals surface area contributed by atoms with Crippen molar-refractivity contribution in [2.24, 2.45) is 0 Å². The molecule has 2 heterocycles. The summed E-state index contributed by atoms with van der Waals surface area (Å²) in [4.78, 5) is 29.3. The Balaban J connectivity index is 1.60. The lowest BCUT2D eigenvalue weighted by molar-refractivity contribution is 0.262. The zero-order chi connectivity index (χ0) is 25.7. The zero-order valence-electron chi connectivity index (χ0n) is 19.3. The topological polar surface area (TPSA) is 107 Å². The maximum atomic E-state index is 12.8. The SMILES string of the molecule is CCn1nc(-c2cccc(Oc3ccc(OC)cc3)c2)cc(NC(=O)Nc2c(Cl)cncc2Cl)c1=O. The van der Waals surface area contributed by atoms with Crippen LogP contribution < -0.4 is 25.7 Å². The van der Waals surface area contributed by atoms with Gasteiger partial charge in [-0.25, -0.2) is 9.48 Å². The van der Waals surface area contributed by atoms with Crippen LogP contribution in [0.1, 0.15) is 6.92 Å². The number of ether oxygens (including phenoxy) is 2. The Morgan fingerprint density at radius 2 is 1.67 bits per heavy atom. The normalized spacial score (nSPS) is 10.6. The molecule has 0 aliphatic carbocycles. The number of pyridine rings is 1. The summed E-state index contributed by atoms with van der Waals surface area (Å²) < 4.78 is 12.4. The molecule has 0 saturated carbocycles. The highest BCUT2D eigenvalue weighted by Crippen LogP contribution is 2.30. The number of urea groups is 1. The van der Waals surface area contributed by atoms with Gasteiger partial charge in [0.25, 0.3) is 5.56 Å². The molecule has 0 aliphatic rings. The third-order valence-corrected chi connectivity index (χ3v) is 5.61. The number of nitrogens with zero attached hydrogens (tertiary/aromatic N) is 3. The minimum absolute atomic E-state index is 0.0297. The van der Waals surface area contributed by atoms with Crippen LogP contribution in [0, 0.1) is 0 Å². The van der Waals surface area contributed by atoms with E-state index in [9.17, 15) is 9.59 Å². The van der Waals surface area contributed by atoms with Gasteiger partial charge in [-0.2, -0.15) is 5.10 Å². The van der Waals surface area contributed by atoms with Crippen molar-refractivity contribution >= 4 is 40.6 Å². The largest absolute Gasteiger partial charge is 0.497 e. The van der Waals surface area contributed by atoms with Crippen LogP contribution in [-0.2, 0) is 6.54 Å². The molecule has 0 spiro atoms. The number of amides is 2. The number of benzene rings is 2. The highest BCUT2D eigenvalue weighted by molar-refractivity contribution is 6.39. The maximum absolute atomic E-state index is 12.8. The van der Waals surface area contributed by atoms with Gasteiger partial charge in [0.15, 0.2) is 0 Å². The molecule has 0 bridgehead atoms. The van der Waals surface area contributed by atoms with E-state index in [0.29, 0.717) is 29.3 Å². The minimum Gasteiger partial charge on any atom is -0.497 e. The number of halogens is 2. The first-order chi connectivity index (χ1) is 17.4. The third kappa shape index (κ3) is 5.76. The van der Waals surface area contributed by atoms with E-state index in [4.69, 9.17) is 32.7 Å². The molecule has 0 saturated heterocycles. The number of anilines is 2. The molecule has 2 N–H and O–H groups in total. The van der Waals surface area contributed by atoms with Crippen molar-refractivity contribution in [3.8, 4) is 28.5 Å². The van der Waals surface area contributed by atoms with Crippen LogP contribution in [0.25, 0.3) is 11.3 Å². The number of aryl methyl sites for hydroxylation is 1. The molecule has 2 aromatic carbocycles. The van der Waals surface area contributed by atoms with Gasteiger partial charge >= 0.3 is 6.03 Å². The molecular weight excluding hydrogens is 505 g/mol. The summed E-state index contributed by atoms with van der Waals surface area (Å²) in [5.41, 5.74) is 0.897. The first kappa shape index (κ1) is 25.0. The first-order valence-corrected chi connectivity index (χ1v) is 11.5. The average molecular weight is 526 g/mol. The molecule has 11 heteroatoms. The lowest BCUT2D eigenvalue weighted by Gasteiger charge is -2.13. The molecule has 0 fully saturated rings. The van der Waals surface area contributed by atoms with Gasteiger partial charge in [0.1, 0.15) is 22.9 Å². The predicted molar refractivity (Wildman–Crippen MR) is 140 cm³/mol. The number of nitrogens with one attached hydrogen (secondary N) is 2. The van der Waals surface area contributed by atoms with Crippen LogP contribution >= 0.6 is 23.2 Å². The molecule has 184 valence electrons. The van der Waals surface area contributed by atoms with E-state index >= 15 is 0 Å². The average Bonchev–Trinajstić information content (AvgIpc) is 2.88. The van der Waals surface area contributed by atoms with E-state index in [0.717, 1.165) is 5.75 Å². The standard InChI is InChI=1S/C25H21Cl2N5O4/c1-3-32-24(33)22(29-25(34)30-23-19(26)13-28-14-20(23)27)12-21(31-32)15-5-4-6-18(11-15)36-17-9-7-16(35-2)8-10-17/h4-14H,3H2,1-2H3,(H2,28,29,30,34). The lowest BCUT2D eigenvalue weighted by Crippen LogP contribution is -2.29. The molecule has 9 nitrogen and oxygen atoms in total. The smallest absolute Gasteiger partial charge is 0.323 e. The molecule has 0 aliphatic heterocycles. The van der Waals surface area contributed by atoms with Crippen molar-refractivity contribution < 1.29 is 14.3 Å². The van der Waals surface area contributed by atoms with E-state index in [1.54, 1.807) is 50.4 Å². The third-order valence-electron chi connectivity index (χ3n) is 5.04. The van der Waals surface area contributed by atoms with E-state index in [2.05, 4.69) is 20.7 Å². The van der Waals surface area contributed by atoms with E-state index in [1.807, 2.05) is 12.1 Å². The first-order valence-electron chi connectivity index (χ1n) is 10.8. The molecule has 4 rings (SSSR count). The highest BCUT2D eigenvalue weighted by Gasteiger charge is 2.15. The highest BCUT2D eigenvalue weighted by atomic mass is 35.5. The van der Waals surface area contributed by atoms with Gasteiger partial charge in [0, 0.05) is 24.5 Å². The molecular formula is C25H21Cl2N5O4. The molecule has 4 aromatic rings. The Morgan fingerprint density at radius 3 is 2.33 bits per heavy atom. The van der Waals surface area contributed by atoms with Crippen molar-refractivity contribution in [1.29, 1.82) is 0 Å². The van der Waals surface area contributed by atoms with Gasteiger partial charge in [-0.15, -0.1) is 0 Å². The number of carbonyl (C=O) groups is 1. The Kier molecular flexibility index (Phi) is 7.72. The summed E-state index contributed by atoms with van der Waals surface area (Å²) in [6.07, 6.45) is 2.69. The predicted octanol–water partition coefficient (Wildman–Crippen LogP) is 6.08. The maximum Gasteiger partial charge on any atom is 0.323 e. The summed E-state index contributed by atoms with van der Waals surface area (Å²) in [5, 5.41) is 9.84. The summed E-state index contributed by atoms with van der Waals surface area (Å²) in [6, 6.07) is 15.2. The number of hydrogen-bond acceptors (Lipinski definition) is 6. The molecule has 2 amide bonds. The van der Waals surface area contributed by atoms with Crippen molar-refractivity contribution in [2.45, 2.75) is 13.5 Å². The molecule has 2 aromatic heterocycles. The summed E-state index contributed by atoms with van der Waals surface area (Å²) in [6.45, 7) is 2.08. The summed E-state index contributed by atoms with van der Waals surface area (Å²) in [5.74, 6) is 1.93. The van der Waals surface area contributed by atoms with Crippen molar-refractivity contribution in [3.05, 3.63) is 87.4 Å². The van der Waals surface area contributed by atoms with Gasteiger partial charge in [0.2, 0.25) is 0 Å². The van der Waals surface area contributed by atoms with Gasteiger partial charge in [0.05, 0.1) is 28.5 Å². The number of methoxy groups -OCH3 is 1. The van der Waals surface area contributed by atoms with Crippen LogP contribution in [0.5, 0.6) is 17.2 Å². The fourth-order valence-corrected chi connectivity index (χ4v) is 3.74. The van der Waals surface area contributed by atoms with Crippen molar-refractivity contribution in [3.63, 3.8) is 0 Å². The fraction of sp³-hybridized carbons (Fsp3) is 0.120. The number of rotatable bonds is 7. The van der Waals surface area contributed by atoms with Gasteiger partial charge in [-0.3, -0.25) is 9.78 Å². The van der Waals surface area contributed by atoms with Gasteiger partial charge in [-0.1, -0.05) is 35.3 Å². The second kappa shape index (κ2) is 11.1. The quantitative estimate of drug-likeness (QED) is 0.302. The monoisotopic (exact) mass is 525 g/mol. The molecule has 0 unspecified atom stereocenters. The van der Waals surface area contributed by atoms with Crippen molar-refractivity contribution in [2.75, 3.05) is 17.7 Å². The fourth-order valence-electron chi connectivity index (χ4n) is 3.28. The Morgan fingerprint density at radius 1 is 0.972 bits per heavy atom. The molecule has 0 radical (unpaired) electrons. The zero-order valence-corrected chi connectivity index (χ0v) is 20.8. The van der Waals surface area contributed by atoms with E-state index < -0.39 is 11.6 Å². The summed E-state index contributed by atoms with van der Waals surface area (Å²) in [7, 11) is 1.60. The second-order valence-electron chi connectivity index (χ2n) is 7.43. The van der Waals surface area contributed by atoms with Crippen molar-refractivity contribution in [1.82, 2.24) is 14.8 Å². The van der Waals surface area contributed by atoms with Crippen LogP contribution in [0.4, 0.5) is 16.2 Å². The Bertz CT molecular complexity index is 1440. The second-order valence-corrected chi connectivity index (χ2v) is 8.24. The number of aromatic nitrogens is 3. The van der Waals surface area contributed by atoms with Gasteiger partial charge in [-0.05, 0) is 49.4 Å². The van der Waals surface area contributed by atoms with Crippen LogP contribution in [0.15, 0.2) is 71.8 Å². The van der Waals surface area contributed by atoms with Crippen LogP contribution in [0.3, 0.4) is 0 Å². The van der Waals surface area contributed by atoms with E-state index in [-0.39, 0.29) is 21.4 Å². The summed E-state index contributed by atoms with van der Waals surface area (Å²) >= 11 is 12.1. The number of hydrogen-bond donors (Lipinski definition) is 2. The van der Waals surface area contributed by atoms with Gasteiger partial charge < -0.3 is 20.1 Å². The lowest BCUT2D eigenvalue weighted by atomic mass is 10.1. The molecule has 0 atom stereocenters. The van der Waals surface area contributed by atoms with E-state index in [1.165, 1.54) is 23.1 Å². The Labute approximate surface area is 216 Å². The minimum atomic E-state index is -0.696. The van der Waals surface area contributed by atoms with Crippen LogP contribution in [-0.4, -0.2) is 27.9 Å². The number of carbonyl (C=O) groups excluding carboxylic acids is 1. The van der Waals surface area contributed by atoms with Crippen LogP contribution in [0.2, 0.25) is 10.0 Å². The Hall–Kier alpha value is -4.08. The molecule has 36 heavy (non-hydrogen) atoms.